The van der Waals surface area contributed by atoms with Crippen LogP contribution in [0.1, 0.15) is 26.2 Å². The third-order valence-electron chi connectivity index (χ3n) is 3.08. The Morgan fingerprint density at radius 1 is 1.44 bits per heavy atom. The van der Waals surface area contributed by atoms with Gasteiger partial charge in [-0.15, -0.1) is 0 Å². The summed E-state index contributed by atoms with van der Waals surface area (Å²) in [5, 5.41) is 6.04. The lowest BCUT2D eigenvalue weighted by molar-refractivity contribution is -0.126. The molecule has 1 fully saturated rings. The zero-order valence-electron chi connectivity index (χ0n) is 9.79. The minimum absolute atomic E-state index is 0.0809. The Labute approximate surface area is 96.1 Å². The number of rotatable bonds is 7. The number of amides is 2. The van der Waals surface area contributed by atoms with E-state index in [2.05, 4.69) is 10.6 Å². The highest BCUT2D eigenvalue weighted by molar-refractivity contribution is 5.78. The molecule has 1 unspecified atom stereocenters. The Hall–Kier alpha value is -1.10. The number of nitrogens with two attached hydrogens (primary N) is 1. The van der Waals surface area contributed by atoms with E-state index in [0.717, 1.165) is 25.9 Å². The largest absolute Gasteiger partial charge is 0.370 e. The van der Waals surface area contributed by atoms with E-state index in [-0.39, 0.29) is 17.7 Å². The predicted molar refractivity (Wildman–Crippen MR) is 61.6 cm³/mol. The van der Waals surface area contributed by atoms with Crippen LogP contribution in [0.4, 0.5) is 0 Å². The fraction of sp³-hybridized carbons (Fsp3) is 0.818. The molecule has 0 aromatic carbocycles. The van der Waals surface area contributed by atoms with Crippen LogP contribution in [0.5, 0.6) is 0 Å². The predicted octanol–water partition coefficient (Wildman–Crippen LogP) is -0.386. The van der Waals surface area contributed by atoms with Gasteiger partial charge in [0.25, 0.3) is 0 Å². The van der Waals surface area contributed by atoms with Crippen molar-refractivity contribution in [1.29, 1.82) is 0 Å². The van der Waals surface area contributed by atoms with Crippen LogP contribution in [0.25, 0.3) is 0 Å². The summed E-state index contributed by atoms with van der Waals surface area (Å²) in [7, 11) is 0. The second-order valence-electron chi connectivity index (χ2n) is 4.42. The normalized spacial score (nSPS) is 17.6. The van der Waals surface area contributed by atoms with Gasteiger partial charge < -0.3 is 16.4 Å². The number of primary amides is 1. The second-order valence-corrected chi connectivity index (χ2v) is 4.42. The highest BCUT2D eigenvalue weighted by Gasteiger charge is 2.28. The third kappa shape index (κ3) is 4.18. The van der Waals surface area contributed by atoms with E-state index in [4.69, 9.17) is 5.73 Å². The molecular weight excluding hydrogens is 206 g/mol. The fourth-order valence-corrected chi connectivity index (χ4v) is 1.68. The van der Waals surface area contributed by atoms with Crippen LogP contribution in [-0.4, -0.2) is 31.4 Å². The zero-order chi connectivity index (χ0) is 12.0. The van der Waals surface area contributed by atoms with Gasteiger partial charge in [0.05, 0.1) is 0 Å². The standard InChI is InChI=1S/C11H21N3O2/c1-8(9-6-13-7-9)11(16)14-5-3-2-4-10(12)15/h8-9,13H,2-7H2,1H3,(H2,12,15)(H,14,16). The Bertz CT molecular complexity index is 252. The van der Waals surface area contributed by atoms with Crippen LogP contribution in [-0.2, 0) is 9.59 Å². The van der Waals surface area contributed by atoms with Gasteiger partial charge in [0.1, 0.15) is 0 Å². The minimum Gasteiger partial charge on any atom is -0.370 e. The first-order valence-corrected chi connectivity index (χ1v) is 5.88. The molecule has 92 valence electrons. The van der Waals surface area contributed by atoms with Crippen molar-refractivity contribution in [3.8, 4) is 0 Å². The van der Waals surface area contributed by atoms with E-state index < -0.39 is 0 Å². The molecule has 4 N–H and O–H groups in total. The number of hydrogen-bond donors (Lipinski definition) is 3. The van der Waals surface area contributed by atoms with E-state index in [1.165, 1.54) is 0 Å². The number of hydrogen-bond acceptors (Lipinski definition) is 3. The molecule has 2 amide bonds. The van der Waals surface area contributed by atoms with Gasteiger partial charge in [0.2, 0.25) is 11.8 Å². The number of unbranched alkanes of at least 4 members (excludes halogenated alkanes) is 1. The molecule has 0 radical (unpaired) electrons. The van der Waals surface area contributed by atoms with E-state index in [0.29, 0.717) is 18.9 Å². The van der Waals surface area contributed by atoms with Crippen molar-refractivity contribution in [2.45, 2.75) is 26.2 Å². The van der Waals surface area contributed by atoms with Crippen molar-refractivity contribution in [2.75, 3.05) is 19.6 Å². The fourth-order valence-electron chi connectivity index (χ4n) is 1.68. The van der Waals surface area contributed by atoms with Gasteiger partial charge in [-0.25, -0.2) is 0 Å². The Kier molecular flexibility index (Phi) is 5.25. The average Bonchev–Trinajstić information content (AvgIpc) is 2.13. The summed E-state index contributed by atoms with van der Waals surface area (Å²) in [5.74, 6) is 0.397. The molecule has 1 heterocycles. The lowest BCUT2D eigenvalue weighted by atomic mass is 9.88. The number of carbonyl (C=O) groups is 2. The van der Waals surface area contributed by atoms with Crippen molar-refractivity contribution >= 4 is 11.8 Å². The first kappa shape index (κ1) is 13.0. The molecule has 1 aliphatic rings. The maximum absolute atomic E-state index is 11.6. The molecule has 16 heavy (non-hydrogen) atoms. The van der Waals surface area contributed by atoms with Crippen molar-refractivity contribution in [3.05, 3.63) is 0 Å². The molecule has 1 aliphatic heterocycles. The average molecular weight is 227 g/mol. The van der Waals surface area contributed by atoms with Crippen LogP contribution in [0, 0.1) is 11.8 Å². The molecule has 1 atom stereocenters. The van der Waals surface area contributed by atoms with Crippen LogP contribution >= 0.6 is 0 Å². The van der Waals surface area contributed by atoms with Crippen LogP contribution < -0.4 is 16.4 Å². The van der Waals surface area contributed by atoms with Crippen LogP contribution in [0.2, 0.25) is 0 Å². The molecule has 0 bridgehead atoms. The Balaban J connectivity index is 2.03. The van der Waals surface area contributed by atoms with Gasteiger partial charge in [0, 0.05) is 18.9 Å². The topological polar surface area (TPSA) is 84.2 Å². The summed E-state index contributed by atoms with van der Waals surface area (Å²) in [6.45, 7) is 4.48. The van der Waals surface area contributed by atoms with Gasteiger partial charge in [-0.2, -0.15) is 0 Å². The van der Waals surface area contributed by atoms with Crippen molar-refractivity contribution in [2.24, 2.45) is 17.6 Å². The Morgan fingerprint density at radius 3 is 2.62 bits per heavy atom. The monoisotopic (exact) mass is 227 g/mol. The van der Waals surface area contributed by atoms with Gasteiger partial charge in [-0.05, 0) is 31.8 Å². The SMILES string of the molecule is CC(C(=O)NCCCCC(N)=O)C1CNC1. The molecule has 0 spiro atoms. The molecular formula is C11H21N3O2. The van der Waals surface area contributed by atoms with E-state index in [1.807, 2.05) is 6.92 Å². The molecule has 0 aliphatic carbocycles. The quantitative estimate of drug-likeness (QED) is 0.518. The van der Waals surface area contributed by atoms with Gasteiger partial charge in [-0.1, -0.05) is 6.92 Å². The molecule has 5 heteroatoms. The summed E-state index contributed by atoms with van der Waals surface area (Å²) < 4.78 is 0. The van der Waals surface area contributed by atoms with Gasteiger partial charge in [-0.3, -0.25) is 9.59 Å². The summed E-state index contributed by atoms with van der Waals surface area (Å²) in [6, 6.07) is 0. The molecule has 1 saturated heterocycles. The number of carbonyl (C=O) groups excluding carboxylic acids is 2. The van der Waals surface area contributed by atoms with Crippen LogP contribution in [0.3, 0.4) is 0 Å². The zero-order valence-corrected chi connectivity index (χ0v) is 9.79. The summed E-state index contributed by atoms with van der Waals surface area (Å²) >= 11 is 0. The highest BCUT2D eigenvalue weighted by atomic mass is 16.2. The second kappa shape index (κ2) is 6.48. The molecule has 0 saturated carbocycles. The molecule has 0 aromatic heterocycles. The summed E-state index contributed by atoms with van der Waals surface area (Å²) in [5.41, 5.74) is 5.01. The Morgan fingerprint density at radius 2 is 2.12 bits per heavy atom. The van der Waals surface area contributed by atoms with Gasteiger partial charge >= 0.3 is 0 Å². The third-order valence-corrected chi connectivity index (χ3v) is 3.08. The minimum atomic E-state index is -0.278. The molecule has 1 rings (SSSR count). The van der Waals surface area contributed by atoms with Crippen LogP contribution in [0.15, 0.2) is 0 Å². The summed E-state index contributed by atoms with van der Waals surface area (Å²) in [6.07, 6.45) is 1.96. The number of nitrogens with one attached hydrogen (secondary N) is 2. The maximum Gasteiger partial charge on any atom is 0.223 e. The maximum atomic E-state index is 11.6. The van der Waals surface area contributed by atoms with E-state index in [1.54, 1.807) is 0 Å². The van der Waals surface area contributed by atoms with E-state index >= 15 is 0 Å². The van der Waals surface area contributed by atoms with E-state index in [9.17, 15) is 9.59 Å². The first-order chi connectivity index (χ1) is 7.61. The summed E-state index contributed by atoms with van der Waals surface area (Å²) in [4.78, 5) is 22.1. The van der Waals surface area contributed by atoms with Crippen molar-refractivity contribution < 1.29 is 9.59 Å². The highest BCUT2D eigenvalue weighted by Crippen LogP contribution is 2.15. The first-order valence-electron chi connectivity index (χ1n) is 5.88. The molecule has 5 nitrogen and oxygen atoms in total. The molecule has 0 aromatic rings. The lowest BCUT2D eigenvalue weighted by Gasteiger charge is -2.31. The van der Waals surface area contributed by atoms with Crippen molar-refractivity contribution in [3.63, 3.8) is 0 Å². The lowest BCUT2D eigenvalue weighted by Crippen LogP contribution is -2.49. The van der Waals surface area contributed by atoms with Crippen molar-refractivity contribution in [1.82, 2.24) is 10.6 Å². The smallest absolute Gasteiger partial charge is 0.223 e. The van der Waals surface area contributed by atoms with Gasteiger partial charge in [0.15, 0.2) is 0 Å².